The van der Waals surface area contributed by atoms with Gasteiger partial charge in [-0.15, -0.1) is 0 Å². The van der Waals surface area contributed by atoms with Gasteiger partial charge in [-0.05, 0) is 19.3 Å². The monoisotopic (exact) mass is 411 g/mol. The van der Waals surface area contributed by atoms with Crippen LogP contribution in [0.3, 0.4) is 0 Å². The Hall–Kier alpha value is -1.10. The molecule has 1 saturated heterocycles. The van der Waals surface area contributed by atoms with E-state index < -0.39 is 0 Å². The summed E-state index contributed by atoms with van der Waals surface area (Å²) >= 11 is 0. The molecule has 29 heavy (non-hydrogen) atoms. The third-order valence-electron chi connectivity index (χ3n) is 5.98. The van der Waals surface area contributed by atoms with Gasteiger partial charge in [-0.1, -0.05) is 90.9 Å². The van der Waals surface area contributed by atoms with Crippen molar-refractivity contribution in [2.75, 3.05) is 6.54 Å². The molecule has 2 N–H and O–H groups in total. The summed E-state index contributed by atoms with van der Waals surface area (Å²) in [6.07, 6.45) is 18.1. The maximum atomic E-state index is 11.8. The normalized spacial score (nSPS) is 19.5. The first-order valence-electron chi connectivity index (χ1n) is 12.2. The molecule has 0 aromatic carbocycles. The molecule has 170 valence electrons. The van der Waals surface area contributed by atoms with E-state index in [9.17, 15) is 9.59 Å². The van der Waals surface area contributed by atoms with Crippen molar-refractivity contribution in [2.45, 2.75) is 129 Å². The molecule has 1 rings (SSSR count). The lowest BCUT2D eigenvalue weighted by Gasteiger charge is -2.37. The van der Waals surface area contributed by atoms with Gasteiger partial charge in [-0.2, -0.15) is 0 Å². The van der Waals surface area contributed by atoms with Gasteiger partial charge in [0.2, 0.25) is 0 Å². The fraction of sp³-hybridized carbons (Fsp3) is 0.917. The van der Waals surface area contributed by atoms with Crippen molar-refractivity contribution in [2.24, 2.45) is 11.7 Å². The molecular formula is C24H45NO4. The number of rotatable bonds is 19. The lowest BCUT2D eigenvalue weighted by molar-refractivity contribution is -0.190. The van der Waals surface area contributed by atoms with E-state index in [1.165, 1.54) is 57.8 Å². The molecular weight excluding hydrogens is 366 g/mol. The Morgan fingerprint density at radius 2 is 1.48 bits per heavy atom. The van der Waals surface area contributed by atoms with Crippen LogP contribution in [0.5, 0.6) is 0 Å². The Kier molecular flexibility index (Phi) is 14.9. The summed E-state index contributed by atoms with van der Waals surface area (Å²) in [4.78, 5) is 23.5. The molecule has 1 aliphatic rings. The minimum Gasteiger partial charge on any atom is -0.461 e. The highest BCUT2D eigenvalue weighted by Crippen LogP contribution is 2.32. The molecule has 0 bridgehead atoms. The highest BCUT2D eigenvalue weighted by Gasteiger charge is 2.43. The van der Waals surface area contributed by atoms with Crippen LogP contribution in [0.1, 0.15) is 117 Å². The number of unbranched alkanes of at least 4 members (excludes halogenated alkanes) is 11. The molecule has 5 nitrogen and oxygen atoms in total. The Morgan fingerprint density at radius 3 is 2.03 bits per heavy atom. The van der Waals surface area contributed by atoms with Crippen molar-refractivity contribution in [3.63, 3.8) is 0 Å². The average molecular weight is 412 g/mol. The average Bonchev–Trinajstić information content (AvgIpc) is 2.71. The molecule has 1 aliphatic heterocycles. The molecule has 0 radical (unpaired) electrons. The first kappa shape index (κ1) is 25.9. The molecule has 0 saturated carbocycles. The SMILES string of the molecule is CCCCCCCCCCC[C@@H](C[C@@H]1OC(=O)[C@H]1CCCCCC)OC(=O)CN. The van der Waals surface area contributed by atoms with Crippen LogP contribution >= 0.6 is 0 Å². The summed E-state index contributed by atoms with van der Waals surface area (Å²) in [6.45, 7) is 4.33. The van der Waals surface area contributed by atoms with Crippen LogP contribution in [0.4, 0.5) is 0 Å². The van der Waals surface area contributed by atoms with Gasteiger partial charge in [0.1, 0.15) is 12.2 Å². The van der Waals surface area contributed by atoms with Gasteiger partial charge < -0.3 is 15.2 Å². The van der Waals surface area contributed by atoms with Gasteiger partial charge in [0.25, 0.3) is 0 Å². The van der Waals surface area contributed by atoms with Crippen LogP contribution in [-0.2, 0) is 19.1 Å². The summed E-state index contributed by atoms with van der Waals surface area (Å²) in [5, 5.41) is 0. The van der Waals surface area contributed by atoms with Gasteiger partial charge in [0.15, 0.2) is 0 Å². The van der Waals surface area contributed by atoms with Crippen molar-refractivity contribution in [1.82, 2.24) is 0 Å². The predicted octanol–water partition coefficient (Wildman–Crippen LogP) is 5.68. The van der Waals surface area contributed by atoms with Crippen LogP contribution in [0.2, 0.25) is 0 Å². The van der Waals surface area contributed by atoms with E-state index in [0.717, 1.165) is 38.5 Å². The van der Waals surface area contributed by atoms with Crippen LogP contribution in [0.25, 0.3) is 0 Å². The van der Waals surface area contributed by atoms with Crippen molar-refractivity contribution in [1.29, 1.82) is 0 Å². The van der Waals surface area contributed by atoms with Gasteiger partial charge >= 0.3 is 11.9 Å². The first-order valence-corrected chi connectivity index (χ1v) is 12.2. The number of hydrogen-bond acceptors (Lipinski definition) is 5. The molecule has 0 aromatic heterocycles. The summed E-state index contributed by atoms with van der Waals surface area (Å²) < 4.78 is 10.9. The van der Waals surface area contributed by atoms with Gasteiger partial charge in [-0.25, -0.2) is 0 Å². The van der Waals surface area contributed by atoms with E-state index >= 15 is 0 Å². The predicted molar refractivity (Wildman–Crippen MR) is 118 cm³/mol. The van der Waals surface area contributed by atoms with Crippen molar-refractivity contribution < 1.29 is 19.1 Å². The molecule has 3 atom stereocenters. The molecule has 0 aromatic rings. The zero-order valence-electron chi connectivity index (χ0n) is 19.0. The van der Waals surface area contributed by atoms with Crippen LogP contribution in [-0.4, -0.2) is 30.7 Å². The lowest BCUT2D eigenvalue weighted by Crippen LogP contribution is -2.47. The number of cyclic esters (lactones) is 1. The third kappa shape index (κ3) is 11.6. The van der Waals surface area contributed by atoms with Crippen molar-refractivity contribution in [3.05, 3.63) is 0 Å². The number of esters is 2. The maximum absolute atomic E-state index is 11.8. The van der Waals surface area contributed by atoms with Crippen LogP contribution < -0.4 is 5.73 Å². The smallest absolute Gasteiger partial charge is 0.319 e. The molecule has 0 unspecified atom stereocenters. The fourth-order valence-electron chi connectivity index (χ4n) is 4.11. The maximum Gasteiger partial charge on any atom is 0.319 e. The molecule has 0 spiro atoms. The standard InChI is InChI=1S/C24H45NO4/c1-3-5-7-9-10-11-12-13-14-16-20(28-23(26)19-25)18-22-21(24(27)29-22)17-15-8-6-4-2/h20-22H,3-19,25H2,1-2H3/t20-,21-,22-/m0/s1. The largest absolute Gasteiger partial charge is 0.461 e. The second-order valence-electron chi connectivity index (χ2n) is 8.60. The minimum absolute atomic E-state index is 0.0194. The third-order valence-corrected chi connectivity index (χ3v) is 5.98. The van der Waals surface area contributed by atoms with Crippen LogP contribution in [0.15, 0.2) is 0 Å². The summed E-state index contributed by atoms with van der Waals surface area (Å²) in [6, 6.07) is 0. The Labute approximate surface area is 178 Å². The minimum atomic E-state index is -0.365. The van der Waals surface area contributed by atoms with E-state index in [-0.39, 0.29) is 36.6 Å². The number of nitrogens with two attached hydrogens (primary N) is 1. The van der Waals surface area contributed by atoms with E-state index in [2.05, 4.69) is 13.8 Å². The molecule has 1 fully saturated rings. The van der Waals surface area contributed by atoms with E-state index in [4.69, 9.17) is 15.2 Å². The summed E-state index contributed by atoms with van der Waals surface area (Å²) in [7, 11) is 0. The van der Waals surface area contributed by atoms with Gasteiger partial charge in [0, 0.05) is 6.42 Å². The quantitative estimate of drug-likeness (QED) is 0.218. The Bertz CT molecular complexity index is 441. The fourth-order valence-corrected chi connectivity index (χ4v) is 4.11. The van der Waals surface area contributed by atoms with E-state index in [1.54, 1.807) is 0 Å². The van der Waals surface area contributed by atoms with E-state index in [0.29, 0.717) is 6.42 Å². The molecule has 0 aliphatic carbocycles. The zero-order valence-corrected chi connectivity index (χ0v) is 19.0. The topological polar surface area (TPSA) is 78.6 Å². The van der Waals surface area contributed by atoms with Gasteiger partial charge in [-0.3, -0.25) is 9.59 Å². The van der Waals surface area contributed by atoms with Crippen molar-refractivity contribution >= 4 is 11.9 Å². The molecule has 5 heteroatoms. The second-order valence-corrected chi connectivity index (χ2v) is 8.60. The van der Waals surface area contributed by atoms with E-state index in [1.807, 2.05) is 0 Å². The highest BCUT2D eigenvalue weighted by molar-refractivity contribution is 5.78. The molecule has 0 amide bonds. The first-order chi connectivity index (χ1) is 14.1. The summed E-state index contributed by atoms with van der Waals surface area (Å²) in [5.41, 5.74) is 5.43. The molecule has 1 heterocycles. The van der Waals surface area contributed by atoms with Crippen molar-refractivity contribution in [3.8, 4) is 0 Å². The Morgan fingerprint density at radius 1 is 0.931 bits per heavy atom. The number of carbonyl (C=O) groups is 2. The Balaban J connectivity index is 2.28. The zero-order chi connectivity index (χ0) is 21.3. The summed E-state index contributed by atoms with van der Waals surface area (Å²) in [5.74, 6) is -0.469. The lowest BCUT2D eigenvalue weighted by atomic mass is 9.86. The number of hydrogen-bond donors (Lipinski definition) is 1. The second kappa shape index (κ2) is 16.7. The van der Waals surface area contributed by atoms with Crippen LogP contribution in [0, 0.1) is 5.92 Å². The number of ether oxygens (including phenoxy) is 2. The van der Waals surface area contributed by atoms with Gasteiger partial charge in [0.05, 0.1) is 12.5 Å². The number of carbonyl (C=O) groups excluding carboxylic acids is 2. The highest BCUT2D eigenvalue weighted by atomic mass is 16.6.